The van der Waals surface area contributed by atoms with Crippen LogP contribution in [0, 0.1) is 12.7 Å². The summed E-state index contributed by atoms with van der Waals surface area (Å²) in [4.78, 5) is 17.8. The van der Waals surface area contributed by atoms with Gasteiger partial charge >= 0.3 is 0 Å². The molecule has 2 atom stereocenters. The van der Waals surface area contributed by atoms with E-state index in [2.05, 4.69) is 15.6 Å². The normalized spacial score (nSPS) is 18.7. The summed E-state index contributed by atoms with van der Waals surface area (Å²) in [6.45, 7) is 5.12. The topological polar surface area (TPSA) is 66.0 Å². The highest BCUT2D eigenvalue weighted by molar-refractivity contribution is 5.85. The SMILES string of the molecule is Cc1ccc(C(C)NC(=NCC(=O)N(C)C)NCC2CCCCO2)cc1F. The Kier molecular flexibility index (Phi) is 8.03. The van der Waals surface area contributed by atoms with Gasteiger partial charge in [0.15, 0.2) is 5.96 Å². The molecule has 2 unspecified atom stereocenters. The Hall–Kier alpha value is -2.15. The van der Waals surface area contributed by atoms with E-state index in [9.17, 15) is 9.18 Å². The van der Waals surface area contributed by atoms with Crippen LogP contribution in [0.2, 0.25) is 0 Å². The minimum Gasteiger partial charge on any atom is -0.376 e. The van der Waals surface area contributed by atoms with Crippen molar-refractivity contribution in [2.75, 3.05) is 33.8 Å². The highest BCUT2D eigenvalue weighted by Gasteiger charge is 2.16. The van der Waals surface area contributed by atoms with Gasteiger partial charge in [-0.2, -0.15) is 0 Å². The number of rotatable bonds is 6. The number of aliphatic imine (C=N–C) groups is 1. The van der Waals surface area contributed by atoms with Crippen LogP contribution in [0.15, 0.2) is 23.2 Å². The number of carbonyl (C=O) groups is 1. The fourth-order valence-electron chi connectivity index (χ4n) is 2.79. The molecule has 2 N–H and O–H groups in total. The quantitative estimate of drug-likeness (QED) is 0.589. The van der Waals surface area contributed by atoms with Crippen molar-refractivity contribution < 1.29 is 13.9 Å². The predicted octanol–water partition coefficient (Wildman–Crippen LogP) is 2.39. The molecule has 27 heavy (non-hydrogen) atoms. The minimum atomic E-state index is -0.231. The van der Waals surface area contributed by atoms with Crippen molar-refractivity contribution in [2.24, 2.45) is 4.99 Å². The van der Waals surface area contributed by atoms with Gasteiger partial charge in [0, 0.05) is 27.2 Å². The molecule has 1 aromatic rings. The third-order valence-electron chi connectivity index (χ3n) is 4.69. The maximum atomic E-state index is 13.9. The molecule has 1 aliphatic heterocycles. The van der Waals surface area contributed by atoms with E-state index < -0.39 is 0 Å². The van der Waals surface area contributed by atoms with Gasteiger partial charge in [-0.15, -0.1) is 0 Å². The number of aryl methyl sites for hydroxylation is 1. The number of guanidine groups is 1. The Balaban J connectivity index is 2.03. The molecule has 1 aromatic carbocycles. The van der Waals surface area contributed by atoms with Gasteiger partial charge in [0.05, 0.1) is 12.1 Å². The molecular weight excluding hydrogens is 347 g/mol. The number of amides is 1. The zero-order valence-corrected chi connectivity index (χ0v) is 16.7. The Morgan fingerprint density at radius 1 is 1.41 bits per heavy atom. The van der Waals surface area contributed by atoms with Crippen LogP contribution in [-0.4, -0.2) is 56.7 Å². The number of halogens is 1. The van der Waals surface area contributed by atoms with Crippen LogP contribution in [0.5, 0.6) is 0 Å². The standard InChI is InChI=1S/C20H31FN4O2/c1-14-8-9-16(11-18(14)21)15(2)24-20(23-13-19(26)25(3)4)22-12-17-7-5-6-10-27-17/h8-9,11,15,17H,5-7,10,12-13H2,1-4H3,(H2,22,23,24). The number of hydrogen-bond donors (Lipinski definition) is 2. The molecule has 1 aliphatic rings. The second kappa shape index (κ2) is 10.3. The zero-order valence-electron chi connectivity index (χ0n) is 16.7. The monoisotopic (exact) mass is 378 g/mol. The van der Waals surface area contributed by atoms with E-state index in [4.69, 9.17) is 4.74 Å². The number of nitrogens with zero attached hydrogens (tertiary/aromatic N) is 2. The lowest BCUT2D eigenvalue weighted by Gasteiger charge is -2.25. The van der Waals surface area contributed by atoms with Crippen LogP contribution in [0.25, 0.3) is 0 Å². The summed E-state index contributed by atoms with van der Waals surface area (Å²) >= 11 is 0. The van der Waals surface area contributed by atoms with E-state index >= 15 is 0 Å². The van der Waals surface area contributed by atoms with Gasteiger partial charge in [-0.1, -0.05) is 12.1 Å². The fourth-order valence-corrected chi connectivity index (χ4v) is 2.79. The molecule has 0 radical (unpaired) electrons. The maximum absolute atomic E-state index is 13.9. The van der Waals surface area contributed by atoms with E-state index in [0.29, 0.717) is 18.1 Å². The first-order chi connectivity index (χ1) is 12.9. The summed E-state index contributed by atoms with van der Waals surface area (Å²) in [5.41, 5.74) is 1.43. The highest BCUT2D eigenvalue weighted by atomic mass is 19.1. The van der Waals surface area contributed by atoms with Gasteiger partial charge < -0.3 is 20.3 Å². The molecule has 0 spiro atoms. The van der Waals surface area contributed by atoms with Gasteiger partial charge in [-0.3, -0.25) is 4.79 Å². The van der Waals surface area contributed by atoms with E-state index in [1.54, 1.807) is 27.1 Å². The number of nitrogens with one attached hydrogen (secondary N) is 2. The van der Waals surface area contributed by atoms with Gasteiger partial charge in [-0.05, 0) is 50.3 Å². The second-order valence-corrected chi connectivity index (χ2v) is 7.20. The molecule has 7 heteroatoms. The molecule has 0 aliphatic carbocycles. The van der Waals surface area contributed by atoms with Crippen LogP contribution in [0.3, 0.4) is 0 Å². The molecule has 0 saturated carbocycles. The predicted molar refractivity (Wildman–Crippen MR) is 105 cm³/mol. The van der Waals surface area contributed by atoms with Gasteiger partial charge in [0.1, 0.15) is 12.4 Å². The van der Waals surface area contributed by atoms with Gasteiger partial charge in [0.25, 0.3) is 0 Å². The lowest BCUT2D eigenvalue weighted by Crippen LogP contribution is -2.44. The Morgan fingerprint density at radius 2 is 2.19 bits per heavy atom. The molecule has 1 heterocycles. The average Bonchev–Trinajstić information content (AvgIpc) is 2.66. The molecule has 0 aromatic heterocycles. The van der Waals surface area contributed by atoms with Crippen molar-refractivity contribution >= 4 is 11.9 Å². The Labute approximate surface area is 161 Å². The van der Waals surface area contributed by atoms with E-state index in [1.165, 1.54) is 11.0 Å². The molecule has 1 fully saturated rings. The van der Waals surface area contributed by atoms with Crippen LogP contribution in [-0.2, 0) is 9.53 Å². The Morgan fingerprint density at radius 3 is 2.81 bits per heavy atom. The summed E-state index contributed by atoms with van der Waals surface area (Å²) in [5.74, 6) is 0.206. The van der Waals surface area contributed by atoms with Gasteiger partial charge in [-0.25, -0.2) is 9.38 Å². The summed E-state index contributed by atoms with van der Waals surface area (Å²) in [7, 11) is 3.40. The molecule has 0 bridgehead atoms. The second-order valence-electron chi connectivity index (χ2n) is 7.20. The molecule has 6 nitrogen and oxygen atoms in total. The average molecular weight is 378 g/mol. The number of hydrogen-bond acceptors (Lipinski definition) is 3. The van der Waals surface area contributed by atoms with E-state index in [0.717, 1.165) is 31.4 Å². The summed E-state index contributed by atoms with van der Waals surface area (Å²) in [5, 5.41) is 6.52. The Bertz CT molecular complexity index is 657. The number of likely N-dealkylation sites (N-methyl/N-ethyl adjacent to an activating group) is 1. The summed E-state index contributed by atoms with van der Waals surface area (Å²) < 4.78 is 19.6. The third kappa shape index (κ3) is 6.82. The number of benzene rings is 1. The molecule has 2 rings (SSSR count). The molecular formula is C20H31FN4O2. The summed E-state index contributed by atoms with van der Waals surface area (Å²) in [6.07, 6.45) is 3.41. The molecule has 1 saturated heterocycles. The van der Waals surface area contributed by atoms with Crippen molar-refractivity contribution in [3.63, 3.8) is 0 Å². The lowest BCUT2D eigenvalue weighted by atomic mass is 10.1. The van der Waals surface area contributed by atoms with E-state index in [-0.39, 0.29) is 30.4 Å². The van der Waals surface area contributed by atoms with Crippen molar-refractivity contribution in [3.05, 3.63) is 35.1 Å². The summed E-state index contributed by atoms with van der Waals surface area (Å²) in [6, 6.07) is 5.02. The van der Waals surface area contributed by atoms with Crippen LogP contribution < -0.4 is 10.6 Å². The zero-order chi connectivity index (χ0) is 19.8. The first-order valence-electron chi connectivity index (χ1n) is 9.49. The van der Waals surface area contributed by atoms with Crippen LogP contribution in [0.4, 0.5) is 4.39 Å². The van der Waals surface area contributed by atoms with Crippen LogP contribution in [0.1, 0.15) is 43.4 Å². The van der Waals surface area contributed by atoms with Crippen molar-refractivity contribution in [1.29, 1.82) is 0 Å². The minimum absolute atomic E-state index is 0.0445. The first-order valence-corrected chi connectivity index (χ1v) is 9.49. The highest BCUT2D eigenvalue weighted by Crippen LogP contribution is 2.16. The van der Waals surface area contributed by atoms with Gasteiger partial charge in [0.2, 0.25) is 5.91 Å². The largest absolute Gasteiger partial charge is 0.376 e. The number of carbonyl (C=O) groups excluding carboxylic acids is 1. The fraction of sp³-hybridized carbons (Fsp3) is 0.600. The van der Waals surface area contributed by atoms with Crippen molar-refractivity contribution in [3.8, 4) is 0 Å². The lowest BCUT2D eigenvalue weighted by molar-refractivity contribution is -0.127. The molecule has 1 amide bonds. The van der Waals surface area contributed by atoms with E-state index in [1.807, 2.05) is 13.0 Å². The van der Waals surface area contributed by atoms with Crippen molar-refractivity contribution in [2.45, 2.75) is 45.3 Å². The third-order valence-corrected chi connectivity index (χ3v) is 4.69. The number of ether oxygens (including phenoxy) is 1. The van der Waals surface area contributed by atoms with Crippen LogP contribution >= 0.6 is 0 Å². The molecule has 150 valence electrons. The smallest absolute Gasteiger partial charge is 0.243 e. The maximum Gasteiger partial charge on any atom is 0.243 e. The first kappa shape index (κ1) is 21.2. The van der Waals surface area contributed by atoms with Crippen molar-refractivity contribution in [1.82, 2.24) is 15.5 Å².